The summed E-state index contributed by atoms with van der Waals surface area (Å²) in [6.45, 7) is 6.28. The maximum atomic E-state index is 11.4. The molecule has 0 bridgehead atoms. The lowest BCUT2D eigenvalue weighted by Crippen LogP contribution is -2.47. The van der Waals surface area contributed by atoms with E-state index in [1.807, 2.05) is 0 Å². The normalized spacial score (nSPS) is 13.0. The Balaban J connectivity index is 3.38. The minimum absolute atomic E-state index is 0.185. The summed E-state index contributed by atoms with van der Waals surface area (Å²) in [6.07, 6.45) is 1.43. The number of nitrogens with two attached hydrogens (primary N) is 1. The van der Waals surface area contributed by atoms with Crippen LogP contribution in [-0.2, 0) is 10.0 Å². The zero-order chi connectivity index (χ0) is 12.4. The number of primary sulfonamides is 1. The topological polar surface area (TPSA) is 73.3 Å². The van der Waals surface area contributed by atoms with E-state index < -0.39 is 18.1 Å². The van der Waals surface area contributed by atoms with Crippen molar-refractivity contribution in [1.29, 1.82) is 0 Å². The van der Waals surface area contributed by atoms with Crippen LogP contribution in [0.5, 0.6) is 0 Å². The van der Waals surface area contributed by atoms with Crippen LogP contribution in [0.4, 0.5) is 0 Å². The van der Waals surface area contributed by atoms with Gasteiger partial charge in [-0.05, 0) is 6.07 Å². The zero-order valence-corrected chi connectivity index (χ0v) is 11.8. The van der Waals surface area contributed by atoms with E-state index in [1.165, 1.54) is 12.3 Å². The molecule has 0 saturated heterocycles. The first kappa shape index (κ1) is 13.5. The predicted molar refractivity (Wildman–Crippen MR) is 66.9 cm³/mol. The maximum absolute atomic E-state index is 11.4. The SMILES string of the molecule is CC[Si](CC)(CC)c1occc1S(N)(=O)=O. The molecule has 0 saturated carbocycles. The Kier molecular flexibility index (Phi) is 3.98. The van der Waals surface area contributed by atoms with Gasteiger partial charge in [0.2, 0.25) is 10.0 Å². The molecule has 4 nitrogen and oxygen atoms in total. The van der Waals surface area contributed by atoms with Crippen LogP contribution in [0.3, 0.4) is 0 Å². The summed E-state index contributed by atoms with van der Waals surface area (Å²) in [5.74, 6) is 0. The van der Waals surface area contributed by atoms with E-state index >= 15 is 0 Å². The van der Waals surface area contributed by atoms with E-state index in [4.69, 9.17) is 9.56 Å². The monoisotopic (exact) mass is 261 g/mol. The fourth-order valence-corrected chi connectivity index (χ4v) is 7.16. The third-order valence-corrected chi connectivity index (χ3v) is 9.97. The summed E-state index contributed by atoms with van der Waals surface area (Å²) in [5, 5.41) is 5.84. The van der Waals surface area contributed by atoms with Crippen LogP contribution in [0, 0.1) is 0 Å². The van der Waals surface area contributed by atoms with Gasteiger partial charge >= 0.3 is 0 Å². The highest BCUT2D eigenvalue weighted by atomic mass is 32.2. The molecule has 2 N–H and O–H groups in total. The third-order valence-electron chi connectivity index (χ3n) is 3.45. The second kappa shape index (κ2) is 4.73. The molecule has 0 aromatic carbocycles. The largest absolute Gasteiger partial charge is 0.473 e. The number of furan rings is 1. The van der Waals surface area contributed by atoms with Crippen LogP contribution < -0.4 is 10.5 Å². The van der Waals surface area contributed by atoms with E-state index in [0.717, 1.165) is 18.1 Å². The van der Waals surface area contributed by atoms with Gasteiger partial charge in [0, 0.05) is 0 Å². The van der Waals surface area contributed by atoms with E-state index in [9.17, 15) is 8.42 Å². The second-order valence-electron chi connectivity index (χ2n) is 4.00. The second-order valence-corrected chi connectivity index (χ2v) is 10.7. The molecule has 0 radical (unpaired) electrons. The number of sulfonamides is 1. The van der Waals surface area contributed by atoms with Crippen molar-refractivity contribution in [2.75, 3.05) is 0 Å². The maximum Gasteiger partial charge on any atom is 0.241 e. The van der Waals surface area contributed by atoms with Crippen molar-refractivity contribution < 1.29 is 12.8 Å². The Morgan fingerprint density at radius 1 is 1.25 bits per heavy atom. The predicted octanol–water partition coefficient (Wildman–Crippen LogP) is 1.64. The van der Waals surface area contributed by atoms with Gasteiger partial charge in [-0.25, -0.2) is 13.6 Å². The molecule has 0 amide bonds. The van der Waals surface area contributed by atoms with Gasteiger partial charge in [0.1, 0.15) is 18.4 Å². The van der Waals surface area contributed by atoms with Crippen LogP contribution >= 0.6 is 0 Å². The minimum atomic E-state index is -3.66. The van der Waals surface area contributed by atoms with Crippen molar-refractivity contribution in [3.63, 3.8) is 0 Å². The molecule has 16 heavy (non-hydrogen) atoms. The lowest BCUT2D eigenvalue weighted by Gasteiger charge is -2.25. The summed E-state index contributed by atoms with van der Waals surface area (Å²) in [6, 6.07) is 4.37. The van der Waals surface area contributed by atoms with Crippen LogP contribution in [0.25, 0.3) is 0 Å². The Labute approximate surface area is 97.9 Å². The summed E-state index contributed by atoms with van der Waals surface area (Å²) in [5.41, 5.74) is 0. The first-order valence-corrected chi connectivity index (χ1v) is 9.68. The van der Waals surface area contributed by atoms with E-state index in [2.05, 4.69) is 20.8 Å². The average molecular weight is 261 g/mol. The van der Waals surface area contributed by atoms with Crippen LogP contribution in [0.15, 0.2) is 21.6 Å². The molecule has 1 aromatic heterocycles. The minimum Gasteiger partial charge on any atom is -0.473 e. The molecule has 0 aliphatic carbocycles. The van der Waals surface area contributed by atoms with Gasteiger partial charge in [-0.2, -0.15) is 0 Å². The number of rotatable bonds is 5. The van der Waals surface area contributed by atoms with Gasteiger partial charge in [-0.3, -0.25) is 0 Å². The first-order valence-electron chi connectivity index (χ1n) is 5.52. The lowest BCUT2D eigenvalue weighted by molar-refractivity contribution is 0.582. The van der Waals surface area contributed by atoms with Crippen LogP contribution in [0.1, 0.15) is 20.8 Å². The molecule has 1 heterocycles. The molecule has 6 heteroatoms. The quantitative estimate of drug-likeness (QED) is 0.819. The molecule has 0 atom stereocenters. The Morgan fingerprint density at radius 2 is 1.75 bits per heavy atom. The molecular formula is C10H19NO3SSi. The van der Waals surface area contributed by atoms with Crippen molar-refractivity contribution in [1.82, 2.24) is 0 Å². The highest BCUT2D eigenvalue weighted by Gasteiger charge is 2.37. The summed E-state index contributed by atoms with van der Waals surface area (Å²) in [7, 11) is -5.48. The van der Waals surface area contributed by atoms with Crippen molar-refractivity contribution in [2.24, 2.45) is 5.14 Å². The standard InChI is InChI=1S/C10H19NO3SSi/c1-4-16(5-2,6-3)10-9(7-8-14-10)15(11,12)13/h7-8H,4-6H2,1-3H3,(H2,11,12,13). The fourth-order valence-electron chi connectivity index (χ4n) is 2.14. The Hall–Kier alpha value is -0.593. The molecule has 0 unspecified atom stereocenters. The third kappa shape index (κ3) is 2.23. The van der Waals surface area contributed by atoms with Crippen LogP contribution in [0.2, 0.25) is 18.1 Å². The van der Waals surface area contributed by atoms with Gasteiger partial charge in [0.25, 0.3) is 0 Å². The molecule has 1 aromatic rings. The van der Waals surface area contributed by atoms with Crippen molar-refractivity contribution in [3.05, 3.63) is 12.3 Å². The highest BCUT2D eigenvalue weighted by molar-refractivity contribution is 7.89. The van der Waals surface area contributed by atoms with Gasteiger partial charge in [-0.1, -0.05) is 38.9 Å². The van der Waals surface area contributed by atoms with Crippen molar-refractivity contribution >= 4 is 23.5 Å². The molecule has 0 aliphatic heterocycles. The fraction of sp³-hybridized carbons (Fsp3) is 0.600. The summed E-state index contributed by atoms with van der Waals surface area (Å²) in [4.78, 5) is 0.185. The zero-order valence-electron chi connectivity index (χ0n) is 9.99. The van der Waals surface area contributed by atoms with Gasteiger partial charge in [0.05, 0.1) is 6.26 Å². The molecule has 0 spiro atoms. The highest BCUT2D eigenvalue weighted by Crippen LogP contribution is 2.23. The Bertz CT molecular complexity index is 440. The Morgan fingerprint density at radius 3 is 2.12 bits per heavy atom. The smallest absolute Gasteiger partial charge is 0.241 e. The average Bonchev–Trinajstić information content (AvgIpc) is 2.70. The molecule has 0 fully saturated rings. The summed E-state index contributed by atoms with van der Waals surface area (Å²) >= 11 is 0. The van der Waals surface area contributed by atoms with Gasteiger partial charge in [0.15, 0.2) is 0 Å². The molecule has 0 aliphatic rings. The van der Waals surface area contributed by atoms with Gasteiger partial charge in [-0.15, -0.1) is 0 Å². The van der Waals surface area contributed by atoms with Crippen LogP contribution in [-0.4, -0.2) is 16.5 Å². The lowest BCUT2D eigenvalue weighted by atomic mass is 10.7. The van der Waals surface area contributed by atoms with E-state index in [0.29, 0.717) is 5.38 Å². The molecule has 1 rings (SSSR count). The summed E-state index contributed by atoms with van der Waals surface area (Å²) < 4.78 is 28.3. The number of hydrogen-bond acceptors (Lipinski definition) is 3. The van der Waals surface area contributed by atoms with E-state index in [-0.39, 0.29) is 4.90 Å². The van der Waals surface area contributed by atoms with Gasteiger partial charge < -0.3 is 4.42 Å². The molecule has 92 valence electrons. The van der Waals surface area contributed by atoms with Crippen molar-refractivity contribution in [3.8, 4) is 0 Å². The van der Waals surface area contributed by atoms with Crippen molar-refractivity contribution in [2.45, 2.75) is 43.8 Å². The van der Waals surface area contributed by atoms with E-state index in [1.54, 1.807) is 0 Å². The first-order chi connectivity index (χ1) is 7.41. The number of hydrogen-bond donors (Lipinski definition) is 1. The molecular weight excluding hydrogens is 242 g/mol.